The maximum atomic E-state index is 14.5. The van der Waals surface area contributed by atoms with Crippen molar-refractivity contribution in [3.63, 3.8) is 0 Å². The summed E-state index contributed by atoms with van der Waals surface area (Å²) in [6, 6.07) is 26.8. The number of azide groups is 1. The summed E-state index contributed by atoms with van der Waals surface area (Å²) < 4.78 is 15.8. The lowest BCUT2D eigenvalue weighted by molar-refractivity contribution is -0.131. The number of carboxylic acids is 1. The molecule has 11 rings (SSSR count). The van der Waals surface area contributed by atoms with E-state index in [1.807, 2.05) is 62.4 Å². The fourth-order valence-electron chi connectivity index (χ4n) is 12.5. The quantitative estimate of drug-likeness (QED) is 0.0228. The van der Waals surface area contributed by atoms with Crippen molar-refractivity contribution in [1.82, 2.24) is 20.1 Å². The number of aliphatic hydroxyl groups is 1. The number of hydrogen-bond donors (Lipinski definition) is 4. The Morgan fingerprint density at radius 3 is 2.53 bits per heavy atom. The number of nitrogens with one attached hydrogen (secondary N) is 2. The molecule has 5 heterocycles. The van der Waals surface area contributed by atoms with Gasteiger partial charge in [-0.15, -0.1) is 0 Å². The third-order valence-corrected chi connectivity index (χ3v) is 16.3. The molecular weight excluding hydrogens is 969 g/mol. The number of aromatic carboxylic acids is 1. The van der Waals surface area contributed by atoms with Crippen molar-refractivity contribution in [3.8, 4) is 17.2 Å². The molecule has 0 saturated heterocycles. The van der Waals surface area contributed by atoms with Gasteiger partial charge in [0, 0.05) is 120 Å². The van der Waals surface area contributed by atoms with Gasteiger partial charge in [-0.3, -0.25) is 9.59 Å². The van der Waals surface area contributed by atoms with Gasteiger partial charge in [0.25, 0.3) is 5.91 Å². The van der Waals surface area contributed by atoms with Gasteiger partial charge < -0.3 is 40.1 Å². The minimum absolute atomic E-state index is 0.0685. The van der Waals surface area contributed by atoms with Gasteiger partial charge in [-0.1, -0.05) is 47.6 Å². The molecule has 6 aromatic rings. The maximum absolute atomic E-state index is 14.5. The number of hydrogen-bond acceptors (Lipinski definition) is 9. The van der Waals surface area contributed by atoms with E-state index >= 15 is 0 Å². The minimum Gasteiger partial charge on any atom is -0.490 e. The highest BCUT2D eigenvalue weighted by Crippen LogP contribution is 2.48. The Morgan fingerprint density at radius 2 is 1.66 bits per heavy atom. The molecule has 5 aliphatic rings. The zero-order valence-electron chi connectivity index (χ0n) is 44.1. The summed E-state index contributed by atoms with van der Waals surface area (Å²) in [5.41, 5.74) is 21.1. The van der Waals surface area contributed by atoms with E-state index in [1.54, 1.807) is 29.2 Å². The van der Waals surface area contributed by atoms with E-state index in [4.69, 9.17) is 9.47 Å². The number of carboxylic acid groups (broad SMARTS) is 1. The number of ether oxygens (including phenoxy) is 2. The van der Waals surface area contributed by atoms with Crippen molar-refractivity contribution < 1.29 is 34.1 Å². The van der Waals surface area contributed by atoms with Crippen LogP contribution in [0.25, 0.3) is 26.8 Å². The van der Waals surface area contributed by atoms with Crippen molar-refractivity contribution in [2.45, 2.75) is 97.1 Å². The van der Waals surface area contributed by atoms with Gasteiger partial charge in [-0.25, -0.2) is 9.37 Å². The second kappa shape index (κ2) is 22.5. The van der Waals surface area contributed by atoms with Crippen LogP contribution in [-0.2, 0) is 37.0 Å². The number of amides is 2. The first-order chi connectivity index (χ1) is 37.5. The molecule has 0 bridgehead atoms. The Hall–Kier alpha value is -7.71. The minimum atomic E-state index is -1.08. The van der Waals surface area contributed by atoms with Gasteiger partial charge in [-0.2, -0.15) is 0 Å². The summed E-state index contributed by atoms with van der Waals surface area (Å²) in [6.07, 6.45) is 9.20. The van der Waals surface area contributed by atoms with Crippen molar-refractivity contribution >= 4 is 45.5 Å². The van der Waals surface area contributed by atoms with Crippen LogP contribution >= 0.6 is 0 Å². The Bertz CT molecular complexity index is 3530. The molecule has 4 N–H and O–H groups in total. The first kappa shape index (κ1) is 51.4. The molecular formula is C62H67N8O7+. The first-order valence-corrected chi connectivity index (χ1v) is 27.6. The summed E-state index contributed by atoms with van der Waals surface area (Å²) in [6.45, 7) is 8.82. The Balaban J connectivity index is 0.873. The van der Waals surface area contributed by atoms with E-state index in [0.29, 0.717) is 22.6 Å². The Morgan fingerprint density at radius 1 is 0.857 bits per heavy atom. The molecule has 15 heteroatoms. The van der Waals surface area contributed by atoms with Crippen LogP contribution in [0.5, 0.6) is 17.2 Å². The average Bonchev–Trinajstić information content (AvgIpc) is 3.95. The first-order valence-electron chi connectivity index (χ1n) is 27.6. The number of aryl methyl sites for hydroxylation is 3. The van der Waals surface area contributed by atoms with E-state index in [9.17, 15) is 30.1 Å². The highest BCUT2D eigenvalue weighted by atomic mass is 16.5. The van der Waals surface area contributed by atoms with Crippen LogP contribution in [0.15, 0.2) is 90.0 Å². The summed E-state index contributed by atoms with van der Waals surface area (Å²) in [4.78, 5) is 49.3. The van der Waals surface area contributed by atoms with Crippen LogP contribution in [0, 0.1) is 13.8 Å². The van der Waals surface area contributed by atoms with Crippen molar-refractivity contribution in [1.29, 1.82) is 0 Å². The second-order valence-corrected chi connectivity index (χ2v) is 21.3. The monoisotopic (exact) mass is 1040 g/mol. The molecule has 6 aromatic carbocycles. The molecule has 77 heavy (non-hydrogen) atoms. The molecule has 0 aromatic heterocycles. The molecule has 0 aliphatic carbocycles. The summed E-state index contributed by atoms with van der Waals surface area (Å²) in [7, 11) is 0. The normalized spacial score (nSPS) is 15.6. The highest BCUT2D eigenvalue weighted by molar-refractivity contribution is 6.03. The molecule has 1 atom stereocenters. The predicted octanol–water partition coefficient (Wildman–Crippen LogP) is 8.49. The largest absolute Gasteiger partial charge is 0.490 e. The van der Waals surface area contributed by atoms with E-state index in [-0.39, 0.29) is 57.2 Å². The van der Waals surface area contributed by atoms with Gasteiger partial charge >= 0.3 is 5.97 Å². The van der Waals surface area contributed by atoms with E-state index in [0.717, 1.165) is 146 Å². The van der Waals surface area contributed by atoms with Crippen molar-refractivity contribution in [3.05, 3.63) is 167 Å². The third-order valence-electron chi connectivity index (χ3n) is 16.3. The number of carbonyl (C=O) groups is 3. The number of aliphatic hydroxyl groups excluding tert-OH is 1. The summed E-state index contributed by atoms with van der Waals surface area (Å²) >= 11 is 0. The number of fused-ring (bicyclic) bond motifs is 5. The van der Waals surface area contributed by atoms with Crippen LogP contribution in [-0.4, -0.2) is 98.0 Å². The molecule has 15 nitrogen and oxygen atoms in total. The molecule has 0 spiro atoms. The molecule has 5 aliphatic heterocycles. The number of anilines is 1. The van der Waals surface area contributed by atoms with E-state index in [2.05, 4.69) is 42.3 Å². The molecule has 0 radical (unpaired) electrons. The lowest BCUT2D eigenvalue weighted by atomic mass is 9.82. The predicted molar refractivity (Wildman–Crippen MR) is 298 cm³/mol. The second-order valence-electron chi connectivity index (χ2n) is 21.3. The van der Waals surface area contributed by atoms with Crippen LogP contribution in [0.2, 0.25) is 0 Å². The number of rotatable bonds is 17. The molecule has 396 valence electrons. The molecule has 0 saturated carbocycles. The van der Waals surface area contributed by atoms with Gasteiger partial charge in [0.2, 0.25) is 11.3 Å². The van der Waals surface area contributed by atoms with Gasteiger partial charge in [0.05, 0.1) is 11.1 Å². The Labute approximate surface area is 448 Å². The number of carbonyl (C=O) groups excluding carboxylic acids is 2. The molecule has 2 amide bonds. The fourth-order valence-corrected chi connectivity index (χ4v) is 12.5. The lowest BCUT2D eigenvalue weighted by Crippen LogP contribution is -2.41. The summed E-state index contributed by atoms with van der Waals surface area (Å²) in [5, 5.41) is 36.1. The standard InChI is InChI=1S/C62H66N8O7/c1-38-30-40(31-53(39(38)2)66-67-63)36-70(55(72)22-23-64-35-45(71)37-76-54-19-9-15-41-12-3-4-16-46(41)54)29-24-65-61(73)44-20-21-47(62(74)75)50(34-44)56-51-32-42-13-5-7-25-68-27-10-17-48(57(42)68)59(51)77-60-49-18-11-28-69-26-8-6-14-43(58(49)69)33-52(56)60/h3-4,9,12,15-16,19-21,30-34,45,64,71H,5-8,10-11,13-14,17-18,22-29,35-37H2,1-2H3,(H-,65,73,74,75)/p+1/t45-/m0/s1. The average molecular weight is 1040 g/mol. The van der Waals surface area contributed by atoms with E-state index in [1.165, 1.54) is 33.3 Å². The number of benzene rings is 6. The topological polar surface area (TPSA) is 192 Å². The van der Waals surface area contributed by atoms with Gasteiger partial charge in [-0.05, 0) is 146 Å². The van der Waals surface area contributed by atoms with Crippen LogP contribution < -0.4 is 40.2 Å². The van der Waals surface area contributed by atoms with Crippen LogP contribution in [0.3, 0.4) is 0 Å². The fraction of sp³-hybridized carbons (Fsp3) is 0.387. The zero-order chi connectivity index (χ0) is 53.2. The molecule has 0 fully saturated rings. The van der Waals surface area contributed by atoms with Gasteiger partial charge in [0.15, 0.2) is 0 Å². The zero-order valence-corrected chi connectivity index (χ0v) is 44.1. The highest BCUT2D eigenvalue weighted by Gasteiger charge is 2.36. The Kier molecular flexibility index (Phi) is 15.0. The van der Waals surface area contributed by atoms with Gasteiger partial charge in [0.1, 0.15) is 43.0 Å². The van der Waals surface area contributed by atoms with Crippen LogP contribution in [0.4, 0.5) is 11.4 Å². The maximum Gasteiger partial charge on any atom is 0.336 e. The third kappa shape index (κ3) is 10.5. The van der Waals surface area contributed by atoms with Crippen molar-refractivity contribution in [2.24, 2.45) is 5.11 Å². The smallest absolute Gasteiger partial charge is 0.336 e. The molecule has 0 unspecified atom stereocenters. The SMILES string of the molecule is Cc1cc(CN(CCNC(=O)c2ccc(C(=O)O)c(C3=c4cc5c6c(c4Oc4c3cc3c7c4CCCN7CCCC3)CCC[N+]=6CCCC5)c2)C(=O)CCNC[C@H](O)COc2cccc3ccccc23)cc(N=[N+]=[N-])c1C. The van der Waals surface area contributed by atoms with Crippen molar-refractivity contribution in [2.75, 3.05) is 63.9 Å². The lowest BCUT2D eigenvalue weighted by Gasteiger charge is -2.35. The van der Waals surface area contributed by atoms with Crippen LogP contribution in [0.1, 0.15) is 116 Å². The summed E-state index contributed by atoms with van der Waals surface area (Å²) in [5.74, 6) is 0.638. The van der Waals surface area contributed by atoms with E-state index < -0.39 is 18.0 Å². The number of nitrogens with zero attached hydrogens (tertiary/aromatic N) is 6.